The van der Waals surface area contributed by atoms with E-state index in [0.717, 1.165) is 5.56 Å². The molecule has 1 aromatic rings. The van der Waals surface area contributed by atoms with Gasteiger partial charge in [0.1, 0.15) is 5.37 Å². The van der Waals surface area contributed by atoms with Crippen LogP contribution in [0.4, 0.5) is 0 Å². The predicted octanol–water partition coefficient (Wildman–Crippen LogP) is 1.66. The zero-order valence-corrected chi connectivity index (χ0v) is 11.1. The molecule has 90 valence electrons. The topological polar surface area (TPSA) is 58.4 Å². The Morgan fingerprint density at radius 1 is 1.53 bits per heavy atom. The van der Waals surface area contributed by atoms with E-state index in [1.807, 2.05) is 12.1 Å². The van der Waals surface area contributed by atoms with Crippen molar-refractivity contribution in [3.63, 3.8) is 0 Å². The lowest BCUT2D eigenvalue weighted by Gasteiger charge is -2.24. The molecule has 1 fully saturated rings. The molecule has 7 heteroatoms. The van der Waals surface area contributed by atoms with E-state index in [1.54, 1.807) is 12.1 Å². The van der Waals surface area contributed by atoms with Crippen molar-refractivity contribution in [2.24, 2.45) is 5.73 Å². The molecule has 1 aliphatic rings. The summed E-state index contributed by atoms with van der Waals surface area (Å²) in [7, 11) is 0. The molecule has 1 atom stereocenters. The first kappa shape index (κ1) is 12.5. The Morgan fingerprint density at radius 2 is 2.18 bits per heavy atom. The first-order valence-corrected chi connectivity index (χ1v) is 6.66. The van der Waals surface area contributed by atoms with Gasteiger partial charge in [0, 0.05) is 5.02 Å². The van der Waals surface area contributed by atoms with Crippen LogP contribution in [0.3, 0.4) is 0 Å². The minimum absolute atomic E-state index is 0.0391. The van der Waals surface area contributed by atoms with E-state index in [2.05, 4.69) is 5.43 Å². The number of thiocarbonyl (C=S) groups is 1. The Hall–Kier alpha value is -0.980. The Kier molecular flexibility index (Phi) is 3.76. The number of rotatable bonds is 2. The van der Waals surface area contributed by atoms with Crippen molar-refractivity contribution in [2.75, 3.05) is 5.75 Å². The summed E-state index contributed by atoms with van der Waals surface area (Å²) in [6.07, 6.45) is 0. The lowest BCUT2D eigenvalue weighted by atomic mass is 10.2. The molecular formula is C10H10ClN3OS2. The third-order valence-corrected chi connectivity index (χ3v) is 3.81. The Bertz CT molecular complexity index is 451. The van der Waals surface area contributed by atoms with Gasteiger partial charge in [0.25, 0.3) is 5.91 Å². The highest BCUT2D eigenvalue weighted by atomic mass is 35.5. The van der Waals surface area contributed by atoms with Crippen molar-refractivity contribution >= 4 is 46.6 Å². The number of carbonyl (C=O) groups excluding carboxylic acids is 1. The SMILES string of the molecule is NC(=S)NN1C(=O)CSC1c1ccc(Cl)cc1. The van der Waals surface area contributed by atoms with Crippen molar-refractivity contribution in [3.8, 4) is 0 Å². The van der Waals surface area contributed by atoms with E-state index in [1.165, 1.54) is 16.8 Å². The fourth-order valence-corrected chi connectivity index (χ4v) is 2.87. The van der Waals surface area contributed by atoms with Crippen LogP contribution in [-0.4, -0.2) is 21.8 Å². The summed E-state index contributed by atoms with van der Waals surface area (Å²) in [5.41, 5.74) is 9.07. The summed E-state index contributed by atoms with van der Waals surface area (Å²) in [4.78, 5) is 11.7. The van der Waals surface area contributed by atoms with Crippen LogP contribution < -0.4 is 11.2 Å². The maximum absolute atomic E-state index is 11.7. The van der Waals surface area contributed by atoms with Crippen LogP contribution in [-0.2, 0) is 4.79 Å². The zero-order valence-electron chi connectivity index (χ0n) is 8.72. The van der Waals surface area contributed by atoms with Crippen molar-refractivity contribution in [2.45, 2.75) is 5.37 Å². The molecule has 1 amide bonds. The number of amides is 1. The number of nitrogens with zero attached hydrogens (tertiary/aromatic N) is 1. The monoisotopic (exact) mass is 287 g/mol. The standard InChI is InChI=1S/C10H10ClN3OS2/c11-7-3-1-6(2-4-7)9-14(13-10(12)16)8(15)5-17-9/h1-4,9H,5H2,(H3,12,13,16). The number of benzene rings is 1. The fourth-order valence-electron chi connectivity index (χ4n) is 1.54. The maximum Gasteiger partial charge on any atom is 0.252 e. The summed E-state index contributed by atoms with van der Waals surface area (Å²) < 4.78 is 0. The van der Waals surface area contributed by atoms with Gasteiger partial charge in [0.2, 0.25) is 0 Å². The molecule has 1 aliphatic heterocycles. The van der Waals surface area contributed by atoms with Crippen LogP contribution in [0.2, 0.25) is 5.02 Å². The Balaban J connectivity index is 2.22. The molecule has 3 N–H and O–H groups in total. The molecule has 0 spiro atoms. The molecule has 0 bridgehead atoms. The quantitative estimate of drug-likeness (QED) is 0.810. The molecular weight excluding hydrogens is 278 g/mol. The number of carbonyl (C=O) groups is 1. The first-order valence-electron chi connectivity index (χ1n) is 4.83. The molecule has 1 heterocycles. The Morgan fingerprint density at radius 3 is 2.76 bits per heavy atom. The molecule has 2 rings (SSSR count). The molecule has 0 radical (unpaired) electrons. The molecule has 1 saturated heterocycles. The first-order chi connectivity index (χ1) is 8.08. The number of nitrogens with one attached hydrogen (secondary N) is 1. The highest BCUT2D eigenvalue weighted by Gasteiger charge is 2.33. The molecule has 4 nitrogen and oxygen atoms in total. The van der Waals surface area contributed by atoms with Crippen LogP contribution in [0.5, 0.6) is 0 Å². The van der Waals surface area contributed by atoms with E-state index >= 15 is 0 Å². The summed E-state index contributed by atoms with van der Waals surface area (Å²) >= 11 is 12.1. The Labute approximate surface area is 113 Å². The van der Waals surface area contributed by atoms with Crippen LogP contribution in [0.15, 0.2) is 24.3 Å². The number of halogens is 1. The summed E-state index contributed by atoms with van der Waals surface area (Å²) in [6.45, 7) is 0. The zero-order chi connectivity index (χ0) is 12.4. The van der Waals surface area contributed by atoms with Crippen molar-refractivity contribution in [3.05, 3.63) is 34.9 Å². The van der Waals surface area contributed by atoms with Gasteiger partial charge in [0.05, 0.1) is 5.75 Å². The number of hydrogen-bond acceptors (Lipinski definition) is 3. The van der Waals surface area contributed by atoms with Gasteiger partial charge in [0.15, 0.2) is 5.11 Å². The highest BCUT2D eigenvalue weighted by Crippen LogP contribution is 2.37. The summed E-state index contributed by atoms with van der Waals surface area (Å²) in [6, 6.07) is 7.35. The second kappa shape index (κ2) is 5.12. The largest absolute Gasteiger partial charge is 0.375 e. The van der Waals surface area contributed by atoms with Gasteiger partial charge in [-0.1, -0.05) is 23.7 Å². The molecule has 0 aliphatic carbocycles. The third-order valence-electron chi connectivity index (χ3n) is 2.25. The summed E-state index contributed by atoms with van der Waals surface area (Å²) in [5.74, 6) is 0.367. The molecule has 0 aromatic heterocycles. The average molecular weight is 288 g/mol. The van der Waals surface area contributed by atoms with Gasteiger partial charge in [-0.05, 0) is 29.9 Å². The van der Waals surface area contributed by atoms with Crippen LogP contribution in [0.25, 0.3) is 0 Å². The van der Waals surface area contributed by atoms with Crippen LogP contribution >= 0.6 is 35.6 Å². The van der Waals surface area contributed by atoms with Gasteiger partial charge < -0.3 is 5.73 Å². The van der Waals surface area contributed by atoms with E-state index in [-0.39, 0.29) is 16.4 Å². The fraction of sp³-hybridized carbons (Fsp3) is 0.200. The van der Waals surface area contributed by atoms with Crippen molar-refractivity contribution < 1.29 is 4.79 Å². The van der Waals surface area contributed by atoms with E-state index in [9.17, 15) is 4.79 Å². The minimum Gasteiger partial charge on any atom is -0.375 e. The maximum atomic E-state index is 11.7. The van der Waals surface area contributed by atoms with Gasteiger partial charge in [-0.15, -0.1) is 11.8 Å². The van der Waals surface area contributed by atoms with Crippen LogP contribution in [0, 0.1) is 0 Å². The normalized spacial score (nSPS) is 19.5. The smallest absolute Gasteiger partial charge is 0.252 e. The number of nitrogens with two attached hydrogens (primary N) is 1. The van der Waals surface area contributed by atoms with E-state index in [4.69, 9.17) is 29.6 Å². The lowest BCUT2D eigenvalue weighted by molar-refractivity contribution is -0.129. The molecule has 1 aromatic carbocycles. The number of hydrogen-bond donors (Lipinski definition) is 2. The van der Waals surface area contributed by atoms with E-state index in [0.29, 0.717) is 10.8 Å². The molecule has 17 heavy (non-hydrogen) atoms. The highest BCUT2D eigenvalue weighted by molar-refractivity contribution is 8.00. The predicted molar refractivity (Wildman–Crippen MR) is 73.4 cm³/mol. The number of thioether (sulfide) groups is 1. The lowest BCUT2D eigenvalue weighted by Crippen LogP contribution is -2.46. The second-order valence-corrected chi connectivity index (χ2v) is 5.40. The molecule has 0 saturated carbocycles. The van der Waals surface area contributed by atoms with Crippen LogP contribution in [0.1, 0.15) is 10.9 Å². The number of hydrazine groups is 1. The van der Waals surface area contributed by atoms with E-state index < -0.39 is 0 Å². The third kappa shape index (κ3) is 2.83. The van der Waals surface area contributed by atoms with Crippen molar-refractivity contribution in [1.82, 2.24) is 10.4 Å². The van der Waals surface area contributed by atoms with Crippen molar-refractivity contribution in [1.29, 1.82) is 0 Å². The summed E-state index contributed by atoms with van der Waals surface area (Å²) in [5, 5.41) is 2.08. The average Bonchev–Trinajstić information content (AvgIpc) is 2.61. The minimum atomic E-state index is -0.124. The van der Waals surface area contributed by atoms with Gasteiger partial charge >= 0.3 is 0 Å². The molecule has 1 unspecified atom stereocenters. The van der Waals surface area contributed by atoms with Gasteiger partial charge in [-0.25, -0.2) is 5.01 Å². The van der Waals surface area contributed by atoms with Gasteiger partial charge in [-0.3, -0.25) is 10.2 Å². The second-order valence-electron chi connectivity index (χ2n) is 3.45. The van der Waals surface area contributed by atoms with Gasteiger partial charge in [-0.2, -0.15) is 0 Å².